The molecule has 3 heteroatoms. The standard InChI is InChI=1S/C18H16BrNS/c1-12-3-4-14(9-13(12)2)10-18-20-17(11-21-18)15-5-7-16(19)8-6-15/h3-9,11H,10H2,1-2H3. The number of nitrogens with zero attached hydrogens (tertiary/aromatic N) is 1. The second-order valence-electron chi connectivity index (χ2n) is 5.23. The second-order valence-corrected chi connectivity index (χ2v) is 7.09. The van der Waals surface area contributed by atoms with Gasteiger partial charge in [0.2, 0.25) is 0 Å². The van der Waals surface area contributed by atoms with Crippen LogP contribution in [0.3, 0.4) is 0 Å². The van der Waals surface area contributed by atoms with E-state index in [2.05, 4.69) is 77.6 Å². The number of hydrogen-bond donors (Lipinski definition) is 0. The molecule has 0 saturated carbocycles. The van der Waals surface area contributed by atoms with Gasteiger partial charge in [0.15, 0.2) is 0 Å². The highest BCUT2D eigenvalue weighted by atomic mass is 79.9. The Hall–Kier alpha value is -1.45. The maximum atomic E-state index is 4.76. The van der Waals surface area contributed by atoms with Gasteiger partial charge in [-0.1, -0.05) is 46.3 Å². The smallest absolute Gasteiger partial charge is 0.0976 e. The van der Waals surface area contributed by atoms with Gasteiger partial charge >= 0.3 is 0 Å². The minimum Gasteiger partial charge on any atom is -0.241 e. The van der Waals surface area contributed by atoms with Crippen LogP contribution in [-0.4, -0.2) is 4.98 Å². The van der Waals surface area contributed by atoms with E-state index < -0.39 is 0 Å². The Morgan fingerprint density at radius 2 is 1.76 bits per heavy atom. The fourth-order valence-electron chi connectivity index (χ4n) is 2.23. The van der Waals surface area contributed by atoms with Crippen LogP contribution in [0.5, 0.6) is 0 Å². The lowest BCUT2D eigenvalue weighted by Gasteiger charge is -2.03. The Bertz CT molecular complexity index is 759. The molecule has 1 heterocycles. The SMILES string of the molecule is Cc1ccc(Cc2nc(-c3ccc(Br)cc3)cs2)cc1C. The van der Waals surface area contributed by atoms with Crippen molar-refractivity contribution in [3.05, 3.63) is 74.0 Å². The van der Waals surface area contributed by atoms with Gasteiger partial charge in [0, 0.05) is 21.8 Å². The molecule has 0 saturated heterocycles. The van der Waals surface area contributed by atoms with Gasteiger partial charge in [-0.25, -0.2) is 4.98 Å². The summed E-state index contributed by atoms with van der Waals surface area (Å²) in [6.45, 7) is 4.31. The maximum absolute atomic E-state index is 4.76. The molecule has 3 aromatic rings. The van der Waals surface area contributed by atoms with Gasteiger partial charge in [-0.2, -0.15) is 0 Å². The van der Waals surface area contributed by atoms with Gasteiger partial charge in [0.1, 0.15) is 0 Å². The monoisotopic (exact) mass is 357 g/mol. The average molecular weight is 358 g/mol. The molecule has 1 aromatic heterocycles. The zero-order valence-corrected chi connectivity index (χ0v) is 14.5. The van der Waals surface area contributed by atoms with Crippen molar-refractivity contribution in [3.8, 4) is 11.3 Å². The van der Waals surface area contributed by atoms with Crippen molar-refractivity contribution in [3.63, 3.8) is 0 Å². The van der Waals surface area contributed by atoms with Crippen molar-refractivity contribution in [1.82, 2.24) is 4.98 Å². The van der Waals surface area contributed by atoms with E-state index in [-0.39, 0.29) is 0 Å². The number of halogens is 1. The summed E-state index contributed by atoms with van der Waals surface area (Å²) in [6, 6.07) is 14.9. The van der Waals surface area contributed by atoms with Gasteiger partial charge in [-0.3, -0.25) is 0 Å². The summed E-state index contributed by atoms with van der Waals surface area (Å²) in [7, 11) is 0. The van der Waals surface area contributed by atoms with Crippen molar-refractivity contribution in [1.29, 1.82) is 0 Å². The number of aromatic nitrogens is 1. The van der Waals surface area contributed by atoms with Crippen LogP contribution in [0.4, 0.5) is 0 Å². The molecule has 0 amide bonds. The lowest BCUT2D eigenvalue weighted by molar-refractivity contribution is 1.13. The van der Waals surface area contributed by atoms with Crippen LogP contribution >= 0.6 is 27.3 Å². The Morgan fingerprint density at radius 3 is 2.48 bits per heavy atom. The number of thiazole rings is 1. The van der Waals surface area contributed by atoms with Crippen LogP contribution < -0.4 is 0 Å². The minimum absolute atomic E-state index is 0.905. The van der Waals surface area contributed by atoms with Crippen molar-refractivity contribution in [2.45, 2.75) is 20.3 Å². The zero-order valence-electron chi connectivity index (χ0n) is 12.1. The first kappa shape index (κ1) is 14.5. The summed E-state index contributed by atoms with van der Waals surface area (Å²) in [6.07, 6.45) is 0.905. The van der Waals surface area contributed by atoms with Crippen molar-refractivity contribution < 1.29 is 0 Å². The van der Waals surface area contributed by atoms with Crippen LogP contribution in [-0.2, 0) is 6.42 Å². The molecule has 0 bridgehead atoms. The van der Waals surface area contributed by atoms with E-state index in [9.17, 15) is 0 Å². The van der Waals surface area contributed by atoms with Crippen LogP contribution in [0.25, 0.3) is 11.3 Å². The molecule has 0 radical (unpaired) electrons. The van der Waals surface area contributed by atoms with Gasteiger partial charge in [-0.05, 0) is 42.7 Å². The summed E-state index contributed by atoms with van der Waals surface area (Å²) < 4.78 is 1.09. The fourth-order valence-corrected chi connectivity index (χ4v) is 3.34. The van der Waals surface area contributed by atoms with E-state index in [4.69, 9.17) is 4.98 Å². The van der Waals surface area contributed by atoms with Gasteiger partial charge in [-0.15, -0.1) is 11.3 Å². The van der Waals surface area contributed by atoms with E-state index in [0.29, 0.717) is 0 Å². The van der Waals surface area contributed by atoms with Crippen molar-refractivity contribution in [2.75, 3.05) is 0 Å². The Labute approximate surface area is 137 Å². The molecular weight excluding hydrogens is 342 g/mol. The second kappa shape index (κ2) is 6.12. The van der Waals surface area contributed by atoms with E-state index >= 15 is 0 Å². The molecule has 106 valence electrons. The molecular formula is C18H16BrNS. The predicted molar refractivity (Wildman–Crippen MR) is 94.0 cm³/mol. The Balaban J connectivity index is 1.81. The third-order valence-corrected chi connectivity index (χ3v) is 5.00. The number of rotatable bonds is 3. The first-order valence-electron chi connectivity index (χ1n) is 6.88. The first-order valence-corrected chi connectivity index (χ1v) is 8.55. The molecule has 0 N–H and O–H groups in total. The van der Waals surface area contributed by atoms with E-state index in [1.54, 1.807) is 11.3 Å². The molecule has 0 atom stereocenters. The largest absolute Gasteiger partial charge is 0.241 e. The molecule has 0 fully saturated rings. The summed E-state index contributed by atoms with van der Waals surface area (Å²) in [4.78, 5) is 4.76. The topological polar surface area (TPSA) is 12.9 Å². The molecule has 0 unspecified atom stereocenters. The summed E-state index contributed by atoms with van der Waals surface area (Å²) in [5, 5.41) is 3.30. The van der Waals surface area contributed by atoms with Gasteiger partial charge in [0.05, 0.1) is 10.7 Å². The molecule has 2 aromatic carbocycles. The third kappa shape index (κ3) is 3.42. The van der Waals surface area contributed by atoms with Crippen molar-refractivity contribution >= 4 is 27.3 Å². The molecule has 0 aliphatic rings. The number of aryl methyl sites for hydroxylation is 2. The lowest BCUT2D eigenvalue weighted by Crippen LogP contribution is -1.90. The molecule has 3 rings (SSSR count). The van der Waals surface area contributed by atoms with Crippen LogP contribution in [0.2, 0.25) is 0 Å². The highest BCUT2D eigenvalue weighted by molar-refractivity contribution is 9.10. The molecule has 21 heavy (non-hydrogen) atoms. The molecule has 0 aliphatic heterocycles. The third-order valence-electron chi connectivity index (χ3n) is 3.62. The van der Waals surface area contributed by atoms with E-state index in [1.165, 1.54) is 22.3 Å². The van der Waals surface area contributed by atoms with Crippen LogP contribution in [0.15, 0.2) is 52.3 Å². The number of hydrogen-bond acceptors (Lipinski definition) is 2. The summed E-state index contributed by atoms with van der Waals surface area (Å²) in [5.74, 6) is 0. The molecule has 1 nitrogen and oxygen atoms in total. The van der Waals surface area contributed by atoms with E-state index in [0.717, 1.165) is 21.6 Å². The van der Waals surface area contributed by atoms with Crippen LogP contribution in [0, 0.1) is 13.8 Å². The highest BCUT2D eigenvalue weighted by Crippen LogP contribution is 2.25. The zero-order chi connectivity index (χ0) is 14.8. The van der Waals surface area contributed by atoms with Gasteiger partial charge < -0.3 is 0 Å². The highest BCUT2D eigenvalue weighted by Gasteiger charge is 2.06. The molecule has 0 aliphatic carbocycles. The molecule has 0 spiro atoms. The average Bonchev–Trinajstić information content (AvgIpc) is 2.92. The predicted octanol–water partition coefficient (Wildman–Crippen LogP) is 5.78. The van der Waals surface area contributed by atoms with Crippen LogP contribution in [0.1, 0.15) is 21.7 Å². The quantitative estimate of drug-likeness (QED) is 0.578. The lowest BCUT2D eigenvalue weighted by atomic mass is 10.0. The number of benzene rings is 2. The van der Waals surface area contributed by atoms with E-state index in [1.807, 2.05) is 0 Å². The Morgan fingerprint density at radius 1 is 1.00 bits per heavy atom. The maximum Gasteiger partial charge on any atom is 0.0976 e. The van der Waals surface area contributed by atoms with Crippen molar-refractivity contribution in [2.24, 2.45) is 0 Å². The fraction of sp³-hybridized carbons (Fsp3) is 0.167. The summed E-state index contributed by atoms with van der Waals surface area (Å²) in [5.41, 5.74) is 6.24. The normalized spacial score (nSPS) is 10.8. The minimum atomic E-state index is 0.905. The Kier molecular flexibility index (Phi) is 4.22. The van der Waals surface area contributed by atoms with Gasteiger partial charge in [0.25, 0.3) is 0 Å². The summed E-state index contributed by atoms with van der Waals surface area (Å²) >= 11 is 5.19. The first-order chi connectivity index (χ1) is 10.1.